The minimum atomic E-state index is -4.09. The van der Waals surface area contributed by atoms with Gasteiger partial charge in [0.05, 0.1) is 30.3 Å². The first kappa shape index (κ1) is 22.4. The van der Waals surface area contributed by atoms with Gasteiger partial charge >= 0.3 is 0 Å². The van der Waals surface area contributed by atoms with E-state index >= 15 is 0 Å². The molecular formula is C21H24N4O5S. The van der Waals surface area contributed by atoms with Crippen molar-refractivity contribution in [2.24, 2.45) is 0 Å². The van der Waals surface area contributed by atoms with Crippen LogP contribution in [-0.4, -0.2) is 47.8 Å². The minimum absolute atomic E-state index is 0.0122. The van der Waals surface area contributed by atoms with E-state index in [0.717, 1.165) is 4.31 Å². The third-order valence-corrected chi connectivity index (χ3v) is 5.77. The molecule has 10 heteroatoms. The third kappa shape index (κ3) is 5.28. The Hall–Kier alpha value is -3.24. The number of rotatable bonds is 8. The molecule has 3 rings (SSSR count). The molecule has 2 aromatic heterocycles. The molecule has 0 bridgehead atoms. The molecule has 0 unspecified atom stereocenters. The summed E-state index contributed by atoms with van der Waals surface area (Å²) in [6.45, 7) is 5.08. The molecule has 31 heavy (non-hydrogen) atoms. The number of benzene rings is 1. The highest BCUT2D eigenvalue weighted by atomic mass is 32.2. The molecule has 0 aliphatic rings. The van der Waals surface area contributed by atoms with E-state index in [4.69, 9.17) is 9.47 Å². The van der Waals surface area contributed by atoms with Crippen LogP contribution in [0.25, 0.3) is 0 Å². The molecule has 0 saturated heterocycles. The zero-order valence-corrected chi connectivity index (χ0v) is 18.5. The largest absolute Gasteiger partial charge is 0.491 e. The van der Waals surface area contributed by atoms with Crippen molar-refractivity contribution < 1.29 is 23.0 Å². The molecule has 1 aromatic carbocycles. The molecule has 0 fully saturated rings. The second-order valence-electron chi connectivity index (χ2n) is 7.40. The van der Waals surface area contributed by atoms with Gasteiger partial charge in [-0.15, -0.1) is 0 Å². The smallest absolute Gasteiger partial charge is 0.271 e. The van der Waals surface area contributed by atoms with Crippen molar-refractivity contribution in [3.8, 4) is 11.6 Å². The van der Waals surface area contributed by atoms with E-state index in [0.29, 0.717) is 17.1 Å². The lowest BCUT2D eigenvalue weighted by Crippen LogP contribution is -2.28. The maximum absolute atomic E-state index is 13.5. The van der Waals surface area contributed by atoms with Gasteiger partial charge in [0.2, 0.25) is 5.82 Å². The molecule has 0 amide bonds. The maximum atomic E-state index is 13.5. The van der Waals surface area contributed by atoms with Crippen LogP contribution in [0.2, 0.25) is 0 Å². The number of hydrogen-bond acceptors (Lipinski definition) is 8. The summed E-state index contributed by atoms with van der Waals surface area (Å²) < 4.78 is 39.0. The zero-order valence-electron chi connectivity index (χ0n) is 17.7. The van der Waals surface area contributed by atoms with Gasteiger partial charge in [0, 0.05) is 12.4 Å². The van der Waals surface area contributed by atoms with Crippen LogP contribution in [0, 0.1) is 6.92 Å². The fourth-order valence-electron chi connectivity index (χ4n) is 2.64. The first-order valence-electron chi connectivity index (χ1n) is 9.40. The van der Waals surface area contributed by atoms with Crippen molar-refractivity contribution in [1.29, 1.82) is 0 Å². The summed E-state index contributed by atoms with van der Waals surface area (Å²) in [5, 5.41) is 9.84. The van der Waals surface area contributed by atoms with Gasteiger partial charge in [0.25, 0.3) is 15.9 Å². The topological polar surface area (TPSA) is 115 Å². The molecule has 0 atom stereocenters. The summed E-state index contributed by atoms with van der Waals surface area (Å²) in [5.41, 5.74) is -0.121. The standard InChI is InChI=1S/C21H24N4O5S/c1-15-12-23-19(20(24-15)29-4)25(31(27,28)18-6-5-11-22-13-18)16-7-9-17(10-8-16)30-14-21(2,3)26/h5-13,26H,14H2,1-4H3. The van der Waals surface area contributed by atoms with E-state index in [1.807, 2.05) is 0 Å². The van der Waals surface area contributed by atoms with Crippen molar-refractivity contribution >= 4 is 21.5 Å². The average molecular weight is 445 g/mol. The van der Waals surface area contributed by atoms with Crippen LogP contribution >= 0.6 is 0 Å². The lowest BCUT2D eigenvalue weighted by molar-refractivity contribution is 0.0285. The third-order valence-electron chi connectivity index (χ3n) is 4.06. The molecule has 0 spiro atoms. The lowest BCUT2D eigenvalue weighted by Gasteiger charge is -2.25. The number of anilines is 2. The van der Waals surface area contributed by atoms with Gasteiger partial charge in [-0.05, 0) is 57.2 Å². The maximum Gasteiger partial charge on any atom is 0.271 e. The highest BCUT2D eigenvalue weighted by molar-refractivity contribution is 7.93. The van der Waals surface area contributed by atoms with E-state index in [1.165, 1.54) is 37.8 Å². The molecule has 3 aromatic rings. The predicted octanol–water partition coefficient (Wildman–Crippen LogP) is 2.87. The molecule has 2 heterocycles. The first-order valence-corrected chi connectivity index (χ1v) is 10.8. The molecular weight excluding hydrogens is 420 g/mol. The van der Waals surface area contributed by atoms with E-state index in [1.54, 1.807) is 45.0 Å². The number of ether oxygens (including phenoxy) is 2. The van der Waals surface area contributed by atoms with Crippen LogP contribution in [0.5, 0.6) is 11.6 Å². The summed E-state index contributed by atoms with van der Waals surface area (Å²) in [6.07, 6.45) is 4.21. The van der Waals surface area contributed by atoms with Crippen molar-refractivity contribution in [2.45, 2.75) is 31.3 Å². The highest BCUT2D eigenvalue weighted by Gasteiger charge is 2.31. The Bertz CT molecular complexity index is 1130. The predicted molar refractivity (Wildman–Crippen MR) is 115 cm³/mol. The summed E-state index contributed by atoms with van der Waals surface area (Å²) in [4.78, 5) is 12.5. The summed E-state index contributed by atoms with van der Waals surface area (Å²) in [7, 11) is -2.70. The Morgan fingerprint density at radius 2 is 1.84 bits per heavy atom. The summed E-state index contributed by atoms with van der Waals surface area (Å²) >= 11 is 0. The fraction of sp³-hybridized carbons (Fsp3) is 0.286. The minimum Gasteiger partial charge on any atom is -0.491 e. The normalized spacial score (nSPS) is 11.8. The van der Waals surface area contributed by atoms with Crippen LogP contribution < -0.4 is 13.8 Å². The van der Waals surface area contributed by atoms with Crippen LogP contribution in [0.15, 0.2) is 59.9 Å². The van der Waals surface area contributed by atoms with Crippen molar-refractivity contribution in [1.82, 2.24) is 15.0 Å². The van der Waals surface area contributed by atoms with Crippen molar-refractivity contribution in [3.05, 3.63) is 60.7 Å². The number of methoxy groups -OCH3 is 1. The van der Waals surface area contributed by atoms with Crippen LogP contribution in [0.1, 0.15) is 19.5 Å². The second-order valence-corrected chi connectivity index (χ2v) is 9.18. The number of hydrogen-bond donors (Lipinski definition) is 1. The van der Waals surface area contributed by atoms with E-state index in [9.17, 15) is 13.5 Å². The quantitative estimate of drug-likeness (QED) is 0.564. The number of pyridine rings is 1. The highest BCUT2D eigenvalue weighted by Crippen LogP contribution is 2.36. The van der Waals surface area contributed by atoms with E-state index < -0.39 is 15.6 Å². The molecule has 1 N–H and O–H groups in total. The molecule has 164 valence electrons. The van der Waals surface area contributed by atoms with Gasteiger partial charge in [0.15, 0.2) is 0 Å². The van der Waals surface area contributed by atoms with Gasteiger partial charge in [0.1, 0.15) is 17.3 Å². The van der Waals surface area contributed by atoms with Crippen molar-refractivity contribution in [3.63, 3.8) is 0 Å². The van der Waals surface area contributed by atoms with E-state index in [-0.39, 0.29) is 23.2 Å². The Balaban J connectivity index is 2.09. The van der Waals surface area contributed by atoms with Crippen LogP contribution in [0.4, 0.5) is 11.5 Å². The Morgan fingerprint density at radius 1 is 1.13 bits per heavy atom. The molecule has 0 radical (unpaired) electrons. The Morgan fingerprint density at radius 3 is 2.42 bits per heavy atom. The molecule has 0 saturated carbocycles. The van der Waals surface area contributed by atoms with Gasteiger partial charge in [-0.25, -0.2) is 22.7 Å². The number of aromatic nitrogens is 3. The summed E-state index contributed by atoms with van der Waals surface area (Å²) in [5.74, 6) is 0.559. The van der Waals surface area contributed by atoms with Crippen molar-refractivity contribution in [2.75, 3.05) is 18.0 Å². The number of nitrogens with zero attached hydrogens (tertiary/aromatic N) is 4. The van der Waals surface area contributed by atoms with Gasteiger partial charge in [-0.1, -0.05) is 0 Å². The van der Waals surface area contributed by atoms with Gasteiger partial charge in [-0.2, -0.15) is 0 Å². The van der Waals surface area contributed by atoms with E-state index in [2.05, 4.69) is 15.0 Å². The molecule has 0 aliphatic carbocycles. The van der Waals surface area contributed by atoms with Gasteiger partial charge in [-0.3, -0.25) is 4.98 Å². The average Bonchev–Trinajstić information content (AvgIpc) is 2.74. The number of aryl methyl sites for hydroxylation is 1. The molecule has 9 nitrogen and oxygen atoms in total. The first-order chi connectivity index (χ1) is 14.6. The van der Waals surface area contributed by atoms with Gasteiger partial charge < -0.3 is 14.6 Å². The Labute approximate surface area is 181 Å². The summed E-state index contributed by atoms with van der Waals surface area (Å²) in [6, 6.07) is 9.37. The van der Waals surface area contributed by atoms with Crippen LogP contribution in [0.3, 0.4) is 0 Å². The number of sulfonamides is 1. The Kier molecular flexibility index (Phi) is 6.42. The monoisotopic (exact) mass is 444 g/mol. The second kappa shape index (κ2) is 8.86. The fourth-order valence-corrected chi connectivity index (χ4v) is 4.05. The SMILES string of the molecule is COc1nc(C)cnc1N(c1ccc(OCC(C)(C)O)cc1)S(=O)(=O)c1cccnc1. The number of aliphatic hydroxyl groups is 1. The lowest BCUT2D eigenvalue weighted by atomic mass is 10.2. The zero-order chi connectivity index (χ0) is 22.6. The van der Waals surface area contributed by atoms with Crippen LogP contribution in [-0.2, 0) is 10.0 Å². The molecule has 0 aliphatic heterocycles.